The van der Waals surface area contributed by atoms with E-state index in [0.29, 0.717) is 13.1 Å². The molecule has 3 rings (SSSR count). The Bertz CT molecular complexity index is 624. The molecule has 0 unspecified atom stereocenters. The van der Waals surface area contributed by atoms with E-state index in [4.69, 9.17) is 0 Å². The topological polar surface area (TPSA) is 37.4 Å². The maximum Gasteiger partial charge on any atom is 0.229 e. The zero-order valence-corrected chi connectivity index (χ0v) is 12.4. The molecule has 0 saturated carbocycles. The van der Waals surface area contributed by atoms with Gasteiger partial charge < -0.3 is 4.90 Å². The quantitative estimate of drug-likeness (QED) is 0.836. The molecule has 2 aliphatic rings. The van der Waals surface area contributed by atoms with Crippen molar-refractivity contribution in [3.8, 4) is 0 Å². The van der Waals surface area contributed by atoms with Gasteiger partial charge in [-0.15, -0.1) is 0 Å². The Morgan fingerprint density at radius 2 is 1.67 bits per heavy atom. The van der Waals surface area contributed by atoms with Crippen molar-refractivity contribution < 1.29 is 9.59 Å². The molecule has 3 nitrogen and oxygen atoms in total. The first kappa shape index (κ1) is 13.8. The number of amides is 1. The van der Waals surface area contributed by atoms with E-state index < -0.39 is 5.41 Å². The Morgan fingerprint density at radius 3 is 2.29 bits per heavy atom. The highest BCUT2D eigenvalue weighted by Crippen LogP contribution is 2.50. The van der Waals surface area contributed by atoms with Crippen molar-refractivity contribution in [2.75, 3.05) is 6.54 Å². The zero-order valence-electron chi connectivity index (χ0n) is 12.4. The van der Waals surface area contributed by atoms with Crippen LogP contribution in [0.3, 0.4) is 0 Å². The lowest BCUT2D eigenvalue weighted by molar-refractivity contribution is -0.136. The van der Waals surface area contributed by atoms with Crippen LogP contribution in [-0.2, 0) is 16.1 Å². The molecule has 1 fully saturated rings. The Kier molecular flexibility index (Phi) is 3.08. The van der Waals surface area contributed by atoms with Crippen LogP contribution in [-0.4, -0.2) is 23.1 Å². The van der Waals surface area contributed by atoms with Gasteiger partial charge in [-0.25, -0.2) is 0 Å². The molecule has 1 heterocycles. The number of hydrogen-bond donors (Lipinski definition) is 0. The molecule has 1 aromatic rings. The normalized spacial score (nSPS) is 22.3. The molecule has 108 valence electrons. The number of ketones is 1. The average molecular weight is 281 g/mol. The van der Waals surface area contributed by atoms with Crippen LogP contribution < -0.4 is 0 Å². The Labute approximate surface area is 125 Å². The fourth-order valence-electron chi connectivity index (χ4n) is 3.21. The van der Waals surface area contributed by atoms with Crippen LogP contribution in [0, 0.1) is 10.8 Å². The van der Waals surface area contributed by atoms with Gasteiger partial charge in [0.2, 0.25) is 5.91 Å². The van der Waals surface area contributed by atoms with Gasteiger partial charge in [0.1, 0.15) is 0 Å². The summed E-state index contributed by atoms with van der Waals surface area (Å²) in [6.07, 6.45) is 6.97. The van der Waals surface area contributed by atoms with Crippen LogP contribution >= 0.6 is 0 Å². The second-order valence-electron chi connectivity index (χ2n) is 6.38. The number of carbonyl (C=O) groups excluding carboxylic acids is 2. The number of carbonyl (C=O) groups is 2. The van der Waals surface area contributed by atoms with Crippen LogP contribution in [0.4, 0.5) is 0 Å². The Hall–Kier alpha value is -2.16. The summed E-state index contributed by atoms with van der Waals surface area (Å²) in [4.78, 5) is 26.0. The zero-order chi connectivity index (χ0) is 15.1. The average Bonchev–Trinajstić information content (AvgIpc) is 2.65. The summed E-state index contributed by atoms with van der Waals surface area (Å²) in [5.74, 6) is 0.125. The molecule has 1 spiro atoms. The molecule has 21 heavy (non-hydrogen) atoms. The predicted molar refractivity (Wildman–Crippen MR) is 81.4 cm³/mol. The van der Waals surface area contributed by atoms with Gasteiger partial charge in [0, 0.05) is 18.5 Å². The summed E-state index contributed by atoms with van der Waals surface area (Å²) in [5, 5.41) is 0. The van der Waals surface area contributed by atoms with Gasteiger partial charge in [-0.05, 0) is 31.6 Å². The molecule has 1 amide bonds. The minimum atomic E-state index is -0.532. The van der Waals surface area contributed by atoms with Crippen LogP contribution in [0.25, 0.3) is 0 Å². The van der Waals surface area contributed by atoms with Crippen molar-refractivity contribution in [2.24, 2.45) is 10.8 Å². The van der Waals surface area contributed by atoms with Crippen molar-refractivity contribution in [2.45, 2.75) is 20.4 Å². The van der Waals surface area contributed by atoms with E-state index in [9.17, 15) is 9.59 Å². The van der Waals surface area contributed by atoms with Crippen molar-refractivity contribution in [1.82, 2.24) is 4.90 Å². The van der Waals surface area contributed by atoms with Gasteiger partial charge >= 0.3 is 0 Å². The minimum Gasteiger partial charge on any atom is -0.337 e. The third-order valence-corrected chi connectivity index (χ3v) is 4.74. The monoisotopic (exact) mass is 281 g/mol. The summed E-state index contributed by atoms with van der Waals surface area (Å²) in [6.45, 7) is 5.16. The van der Waals surface area contributed by atoms with E-state index in [0.717, 1.165) is 5.56 Å². The maximum atomic E-state index is 12.8. The molecule has 0 radical (unpaired) electrons. The van der Waals surface area contributed by atoms with Crippen molar-refractivity contribution >= 4 is 11.7 Å². The second kappa shape index (κ2) is 4.69. The number of likely N-dealkylation sites (tertiary alicyclic amines) is 1. The van der Waals surface area contributed by atoms with E-state index in [1.165, 1.54) is 0 Å². The number of nitrogens with zero attached hydrogens (tertiary/aromatic N) is 1. The third-order valence-electron chi connectivity index (χ3n) is 4.74. The molecular weight excluding hydrogens is 262 g/mol. The molecule has 0 N–H and O–H groups in total. The molecule has 1 aliphatic carbocycles. The summed E-state index contributed by atoms with van der Waals surface area (Å²) in [5.41, 5.74) is 0.209. The fourth-order valence-corrected chi connectivity index (χ4v) is 3.21. The van der Waals surface area contributed by atoms with Crippen molar-refractivity contribution in [3.63, 3.8) is 0 Å². The fraction of sp³-hybridized carbons (Fsp3) is 0.333. The minimum absolute atomic E-state index is 0.00890. The number of rotatable bonds is 2. The van der Waals surface area contributed by atoms with Crippen molar-refractivity contribution in [3.05, 3.63) is 60.2 Å². The lowest BCUT2D eigenvalue weighted by Crippen LogP contribution is -2.36. The summed E-state index contributed by atoms with van der Waals surface area (Å²) in [6, 6.07) is 9.99. The standard InChI is InChI=1S/C18H19NO2/c1-17(2)16(21)19(12-14-6-4-3-5-7-14)13-18(17)10-8-15(20)9-11-18/h3-11H,12-13H2,1-2H3. The predicted octanol–water partition coefficient (Wildman–Crippen LogP) is 2.74. The second-order valence-corrected chi connectivity index (χ2v) is 6.38. The van der Waals surface area contributed by atoms with Crippen LogP contribution in [0.2, 0.25) is 0 Å². The van der Waals surface area contributed by atoms with Gasteiger partial charge in [-0.2, -0.15) is 0 Å². The maximum absolute atomic E-state index is 12.8. The number of hydrogen-bond acceptors (Lipinski definition) is 2. The molecule has 0 aromatic heterocycles. The molecule has 1 aliphatic heterocycles. The van der Waals surface area contributed by atoms with Gasteiger partial charge in [0.15, 0.2) is 5.78 Å². The third kappa shape index (κ3) is 2.13. The highest BCUT2D eigenvalue weighted by atomic mass is 16.2. The molecule has 3 heteroatoms. The van der Waals surface area contributed by atoms with E-state index in [-0.39, 0.29) is 17.1 Å². The first-order valence-corrected chi connectivity index (χ1v) is 7.20. The highest BCUT2D eigenvalue weighted by Gasteiger charge is 2.55. The van der Waals surface area contributed by atoms with Gasteiger partial charge in [0.25, 0.3) is 0 Å². The lowest BCUT2D eigenvalue weighted by Gasteiger charge is -2.34. The summed E-state index contributed by atoms with van der Waals surface area (Å²) in [7, 11) is 0. The summed E-state index contributed by atoms with van der Waals surface area (Å²) >= 11 is 0. The van der Waals surface area contributed by atoms with Crippen LogP contribution in [0.5, 0.6) is 0 Å². The molecule has 1 aromatic carbocycles. The van der Waals surface area contributed by atoms with Gasteiger partial charge in [-0.3, -0.25) is 9.59 Å². The van der Waals surface area contributed by atoms with Crippen LogP contribution in [0.15, 0.2) is 54.6 Å². The Balaban J connectivity index is 1.90. The van der Waals surface area contributed by atoms with E-state index in [2.05, 4.69) is 0 Å². The van der Waals surface area contributed by atoms with Gasteiger partial charge in [0.05, 0.1) is 5.41 Å². The summed E-state index contributed by atoms with van der Waals surface area (Å²) < 4.78 is 0. The molecular formula is C18H19NO2. The smallest absolute Gasteiger partial charge is 0.229 e. The lowest BCUT2D eigenvalue weighted by atomic mass is 9.66. The van der Waals surface area contributed by atoms with Gasteiger partial charge in [-0.1, -0.05) is 42.5 Å². The first-order chi connectivity index (χ1) is 9.95. The van der Waals surface area contributed by atoms with E-state index >= 15 is 0 Å². The first-order valence-electron chi connectivity index (χ1n) is 7.20. The molecule has 1 saturated heterocycles. The SMILES string of the molecule is CC1(C)C(=O)N(Cc2ccccc2)CC12C=CC(=O)C=C2. The largest absolute Gasteiger partial charge is 0.337 e. The molecule has 0 atom stereocenters. The van der Waals surface area contributed by atoms with Crippen molar-refractivity contribution in [1.29, 1.82) is 0 Å². The van der Waals surface area contributed by atoms with Crippen LogP contribution in [0.1, 0.15) is 19.4 Å². The van der Waals surface area contributed by atoms with E-state index in [1.54, 1.807) is 12.2 Å². The van der Waals surface area contributed by atoms with E-state index in [1.807, 2.05) is 61.2 Å². The number of allylic oxidation sites excluding steroid dienone is 2. The molecule has 0 bridgehead atoms. The Morgan fingerprint density at radius 1 is 1.05 bits per heavy atom. The number of benzene rings is 1. The highest BCUT2D eigenvalue weighted by molar-refractivity contribution is 6.01.